The molecule has 0 aliphatic rings. The van der Waals surface area contributed by atoms with Gasteiger partial charge in [0.25, 0.3) is 0 Å². The highest BCUT2D eigenvalue weighted by Crippen LogP contribution is 2.12. The molecule has 0 saturated heterocycles. The van der Waals surface area contributed by atoms with Crippen LogP contribution in [0.4, 0.5) is 0 Å². The maximum Gasteiger partial charge on any atom is 0.132 e. The summed E-state index contributed by atoms with van der Waals surface area (Å²) in [5.41, 5.74) is 0. The third-order valence-corrected chi connectivity index (χ3v) is 5.68. The van der Waals surface area contributed by atoms with Gasteiger partial charge in [0.1, 0.15) is 17.5 Å². The summed E-state index contributed by atoms with van der Waals surface area (Å²) < 4.78 is 0. The van der Waals surface area contributed by atoms with Crippen LogP contribution < -0.4 is 0 Å². The van der Waals surface area contributed by atoms with Crippen molar-refractivity contribution in [3.8, 4) is 0 Å². The molecule has 0 aliphatic carbocycles. The lowest BCUT2D eigenvalue weighted by atomic mass is 10.1. The fourth-order valence-electron chi connectivity index (χ4n) is 3.85. The van der Waals surface area contributed by atoms with Gasteiger partial charge in [-0.25, -0.2) is 15.0 Å². The van der Waals surface area contributed by atoms with Crippen LogP contribution in [0.3, 0.4) is 0 Å². The summed E-state index contributed by atoms with van der Waals surface area (Å²) >= 11 is 0. The van der Waals surface area contributed by atoms with Crippen LogP contribution in [0.15, 0.2) is 0 Å². The Hall–Kier alpha value is -0.990. The number of hydrogen-bond donors (Lipinski definition) is 0. The van der Waals surface area contributed by atoms with Crippen molar-refractivity contribution in [3.05, 3.63) is 24.4 Å². The fraction of sp³-hybridized carbons (Fsp3) is 0.846. The molecule has 0 aromatic carbocycles. The SMILES string of the molecule is [CH2]CCc1nc(CCCCCCCCCC)nc(CCCCCCCCCC)n1. The summed E-state index contributed by atoms with van der Waals surface area (Å²) in [6.07, 6.45) is 25.3. The molecule has 0 atom stereocenters. The van der Waals surface area contributed by atoms with Crippen LogP contribution in [0.2, 0.25) is 0 Å². The lowest BCUT2D eigenvalue weighted by molar-refractivity contribution is 0.563. The van der Waals surface area contributed by atoms with Crippen LogP contribution >= 0.6 is 0 Å². The highest BCUT2D eigenvalue weighted by atomic mass is 15.0. The van der Waals surface area contributed by atoms with Crippen LogP contribution in [-0.4, -0.2) is 15.0 Å². The Labute approximate surface area is 181 Å². The molecule has 1 radical (unpaired) electrons. The normalized spacial score (nSPS) is 11.3. The van der Waals surface area contributed by atoms with Gasteiger partial charge >= 0.3 is 0 Å². The molecule has 0 amide bonds. The van der Waals surface area contributed by atoms with Crippen molar-refractivity contribution in [1.82, 2.24) is 15.0 Å². The zero-order chi connectivity index (χ0) is 21.0. The molecule has 1 aromatic rings. The van der Waals surface area contributed by atoms with Gasteiger partial charge in [-0.3, -0.25) is 0 Å². The Morgan fingerprint density at radius 3 is 1.10 bits per heavy atom. The van der Waals surface area contributed by atoms with Gasteiger partial charge in [-0.05, 0) is 19.3 Å². The first kappa shape index (κ1) is 26.0. The molecular weight excluding hydrogens is 354 g/mol. The van der Waals surface area contributed by atoms with E-state index in [9.17, 15) is 0 Å². The standard InChI is InChI=1S/C26H48N3/c1-4-7-9-11-13-15-17-19-22-25-27-24(21-6-3)28-26(29-25)23-20-18-16-14-12-10-8-5-2/h3-23H2,1-2H3. The second-order valence-corrected chi connectivity index (χ2v) is 8.64. The lowest BCUT2D eigenvalue weighted by Gasteiger charge is -2.07. The fourth-order valence-corrected chi connectivity index (χ4v) is 3.85. The summed E-state index contributed by atoms with van der Waals surface area (Å²) in [6.45, 7) is 8.53. The van der Waals surface area contributed by atoms with Crippen molar-refractivity contribution in [2.45, 2.75) is 142 Å². The van der Waals surface area contributed by atoms with Crippen molar-refractivity contribution >= 4 is 0 Å². The van der Waals surface area contributed by atoms with Crippen LogP contribution in [-0.2, 0) is 19.3 Å². The average molecular weight is 403 g/mol. The Morgan fingerprint density at radius 1 is 0.448 bits per heavy atom. The van der Waals surface area contributed by atoms with E-state index >= 15 is 0 Å². The van der Waals surface area contributed by atoms with Gasteiger partial charge < -0.3 is 0 Å². The van der Waals surface area contributed by atoms with Gasteiger partial charge in [-0.1, -0.05) is 111 Å². The first-order valence-corrected chi connectivity index (χ1v) is 12.8. The third kappa shape index (κ3) is 14.6. The highest BCUT2D eigenvalue weighted by molar-refractivity contribution is 4.99. The van der Waals surface area contributed by atoms with Crippen molar-refractivity contribution < 1.29 is 0 Å². The van der Waals surface area contributed by atoms with Crippen molar-refractivity contribution in [1.29, 1.82) is 0 Å². The summed E-state index contributed by atoms with van der Waals surface area (Å²) in [5, 5.41) is 0. The number of unbranched alkanes of at least 4 members (excludes halogenated alkanes) is 14. The van der Waals surface area contributed by atoms with Gasteiger partial charge in [0.05, 0.1) is 0 Å². The highest BCUT2D eigenvalue weighted by Gasteiger charge is 2.07. The van der Waals surface area contributed by atoms with E-state index in [-0.39, 0.29) is 0 Å². The molecule has 1 aromatic heterocycles. The number of aromatic nitrogens is 3. The first-order valence-electron chi connectivity index (χ1n) is 12.8. The summed E-state index contributed by atoms with van der Waals surface area (Å²) in [6, 6.07) is 0. The molecule has 167 valence electrons. The van der Waals surface area contributed by atoms with Gasteiger partial charge in [0, 0.05) is 19.3 Å². The topological polar surface area (TPSA) is 38.7 Å². The third-order valence-electron chi connectivity index (χ3n) is 5.68. The quantitative estimate of drug-likeness (QED) is 0.207. The number of hydrogen-bond acceptors (Lipinski definition) is 3. The van der Waals surface area contributed by atoms with Crippen molar-refractivity contribution in [3.63, 3.8) is 0 Å². The monoisotopic (exact) mass is 402 g/mol. The number of rotatable bonds is 20. The smallest absolute Gasteiger partial charge is 0.132 e. The molecule has 1 heterocycles. The zero-order valence-corrected chi connectivity index (χ0v) is 19.7. The van der Waals surface area contributed by atoms with E-state index in [1.165, 1.54) is 103 Å². The van der Waals surface area contributed by atoms with Crippen LogP contribution in [0.25, 0.3) is 0 Å². The molecule has 3 heteroatoms. The zero-order valence-electron chi connectivity index (χ0n) is 19.7. The summed E-state index contributed by atoms with van der Waals surface area (Å²) in [4.78, 5) is 14.2. The van der Waals surface area contributed by atoms with Gasteiger partial charge in [-0.15, -0.1) is 0 Å². The Kier molecular flexibility index (Phi) is 17.1. The Bertz CT molecular complexity index is 449. The predicted molar refractivity (Wildman–Crippen MR) is 126 cm³/mol. The van der Waals surface area contributed by atoms with E-state index in [0.29, 0.717) is 0 Å². The molecule has 0 unspecified atom stereocenters. The summed E-state index contributed by atoms with van der Waals surface area (Å²) in [7, 11) is 0. The maximum atomic E-state index is 4.79. The molecule has 0 N–H and O–H groups in total. The minimum absolute atomic E-state index is 0.860. The van der Waals surface area contributed by atoms with E-state index in [4.69, 9.17) is 15.0 Å². The van der Waals surface area contributed by atoms with Crippen molar-refractivity contribution in [2.24, 2.45) is 0 Å². The van der Waals surface area contributed by atoms with Gasteiger partial charge in [0.15, 0.2) is 0 Å². The minimum atomic E-state index is 0.860. The lowest BCUT2D eigenvalue weighted by Crippen LogP contribution is -2.08. The van der Waals surface area contributed by atoms with Crippen LogP contribution in [0.5, 0.6) is 0 Å². The van der Waals surface area contributed by atoms with Crippen molar-refractivity contribution in [2.75, 3.05) is 0 Å². The minimum Gasteiger partial charge on any atom is -0.218 e. The first-order chi connectivity index (χ1) is 14.3. The Morgan fingerprint density at radius 2 is 0.759 bits per heavy atom. The van der Waals surface area contributed by atoms with E-state index in [1.54, 1.807) is 0 Å². The molecule has 0 saturated carbocycles. The second-order valence-electron chi connectivity index (χ2n) is 8.64. The second kappa shape index (κ2) is 19.0. The molecule has 0 fully saturated rings. The molecule has 0 bridgehead atoms. The molecule has 29 heavy (non-hydrogen) atoms. The molecule has 0 spiro atoms. The number of aryl methyl sites for hydroxylation is 3. The molecule has 1 rings (SSSR count). The van der Waals surface area contributed by atoms with E-state index < -0.39 is 0 Å². The van der Waals surface area contributed by atoms with E-state index in [1.807, 2.05) is 0 Å². The van der Waals surface area contributed by atoms with Crippen LogP contribution in [0, 0.1) is 6.92 Å². The Balaban J connectivity index is 2.29. The predicted octanol–water partition coefficient (Wildman–Crippen LogP) is 8.00. The van der Waals surface area contributed by atoms with Gasteiger partial charge in [0.2, 0.25) is 0 Å². The summed E-state index contributed by atoms with van der Waals surface area (Å²) in [5.74, 6) is 2.99. The van der Waals surface area contributed by atoms with Gasteiger partial charge in [-0.2, -0.15) is 0 Å². The molecule has 3 nitrogen and oxygen atoms in total. The largest absolute Gasteiger partial charge is 0.218 e. The molecule has 0 aliphatic heterocycles. The van der Waals surface area contributed by atoms with E-state index in [2.05, 4.69) is 20.8 Å². The molecular formula is C26H48N3. The maximum absolute atomic E-state index is 4.79. The van der Waals surface area contributed by atoms with E-state index in [0.717, 1.165) is 43.2 Å². The van der Waals surface area contributed by atoms with Crippen LogP contribution in [0.1, 0.15) is 140 Å². The number of nitrogens with zero attached hydrogens (tertiary/aromatic N) is 3. The average Bonchev–Trinajstić information content (AvgIpc) is 2.72.